The molecule has 8 heavy (non-hydrogen) atoms. The second kappa shape index (κ2) is 1.16. The van der Waals surface area contributed by atoms with Crippen LogP contribution in [0.4, 0.5) is 0 Å². The maximum Gasteiger partial charge on any atom is 0.0395 e. The van der Waals surface area contributed by atoms with Crippen LogP contribution in [0.3, 0.4) is 0 Å². The van der Waals surface area contributed by atoms with Gasteiger partial charge in [-0.1, -0.05) is 19.9 Å². The van der Waals surface area contributed by atoms with Crippen molar-refractivity contribution < 1.29 is 0 Å². The minimum Gasteiger partial charge on any atom is -0.321 e. The molecule has 0 spiro atoms. The quantitative estimate of drug-likeness (QED) is 0.507. The standard InChI is InChI=1S/C7H13N/c1-4-7(8)5-6(7,2)3/h4H,1,5,8H2,2-3H3. The first-order valence-corrected chi connectivity index (χ1v) is 2.94. The molecular formula is C7H13N. The van der Waals surface area contributed by atoms with Crippen molar-refractivity contribution in [2.24, 2.45) is 11.1 Å². The number of nitrogens with two attached hydrogens (primary N) is 1. The van der Waals surface area contributed by atoms with Crippen molar-refractivity contribution >= 4 is 0 Å². The third kappa shape index (κ3) is 0.511. The summed E-state index contributed by atoms with van der Waals surface area (Å²) in [6, 6.07) is 0. The van der Waals surface area contributed by atoms with Gasteiger partial charge >= 0.3 is 0 Å². The van der Waals surface area contributed by atoms with E-state index in [1.807, 2.05) is 6.08 Å². The van der Waals surface area contributed by atoms with Crippen molar-refractivity contribution in [3.63, 3.8) is 0 Å². The lowest BCUT2D eigenvalue weighted by Crippen LogP contribution is -2.24. The molecule has 0 aromatic heterocycles. The van der Waals surface area contributed by atoms with Crippen molar-refractivity contribution in [3.8, 4) is 0 Å². The van der Waals surface area contributed by atoms with Gasteiger partial charge in [0.2, 0.25) is 0 Å². The molecule has 1 fully saturated rings. The zero-order chi connectivity index (χ0) is 6.41. The van der Waals surface area contributed by atoms with Gasteiger partial charge in [-0.05, 0) is 11.8 Å². The van der Waals surface area contributed by atoms with Gasteiger partial charge in [-0.2, -0.15) is 0 Å². The van der Waals surface area contributed by atoms with Gasteiger partial charge in [-0.15, -0.1) is 6.58 Å². The summed E-state index contributed by atoms with van der Waals surface area (Å²) in [5, 5.41) is 0. The third-order valence-corrected chi connectivity index (χ3v) is 2.23. The van der Waals surface area contributed by atoms with E-state index < -0.39 is 0 Å². The maximum absolute atomic E-state index is 5.81. The van der Waals surface area contributed by atoms with Crippen LogP contribution in [-0.2, 0) is 0 Å². The van der Waals surface area contributed by atoms with E-state index in [4.69, 9.17) is 5.73 Å². The van der Waals surface area contributed by atoms with Crippen molar-refractivity contribution in [3.05, 3.63) is 12.7 Å². The largest absolute Gasteiger partial charge is 0.321 e. The summed E-state index contributed by atoms with van der Waals surface area (Å²) in [6.45, 7) is 7.99. The Morgan fingerprint density at radius 3 is 2.00 bits per heavy atom. The molecule has 1 aliphatic carbocycles. The van der Waals surface area contributed by atoms with E-state index in [1.54, 1.807) is 0 Å². The SMILES string of the molecule is C=CC1(N)CC1(C)C. The fourth-order valence-electron chi connectivity index (χ4n) is 1.04. The molecule has 0 radical (unpaired) electrons. The fourth-order valence-corrected chi connectivity index (χ4v) is 1.04. The molecule has 1 unspecified atom stereocenters. The highest BCUT2D eigenvalue weighted by Crippen LogP contribution is 2.54. The third-order valence-electron chi connectivity index (χ3n) is 2.23. The number of rotatable bonds is 1. The Morgan fingerprint density at radius 1 is 1.62 bits per heavy atom. The number of hydrogen-bond donors (Lipinski definition) is 1. The predicted octanol–water partition coefficient (Wildman–Crippen LogP) is 1.30. The fraction of sp³-hybridized carbons (Fsp3) is 0.714. The van der Waals surface area contributed by atoms with Crippen LogP contribution in [0.15, 0.2) is 12.7 Å². The van der Waals surface area contributed by atoms with E-state index in [0.717, 1.165) is 6.42 Å². The van der Waals surface area contributed by atoms with Crippen molar-refractivity contribution in [1.82, 2.24) is 0 Å². The summed E-state index contributed by atoms with van der Waals surface area (Å²) >= 11 is 0. The first-order chi connectivity index (χ1) is 3.52. The smallest absolute Gasteiger partial charge is 0.0395 e. The first kappa shape index (κ1) is 5.83. The molecule has 1 aliphatic rings. The van der Waals surface area contributed by atoms with Gasteiger partial charge in [-0.3, -0.25) is 0 Å². The van der Waals surface area contributed by atoms with Crippen LogP contribution in [0.2, 0.25) is 0 Å². The summed E-state index contributed by atoms with van der Waals surface area (Å²) in [7, 11) is 0. The van der Waals surface area contributed by atoms with E-state index in [9.17, 15) is 0 Å². The lowest BCUT2D eigenvalue weighted by atomic mass is 10.1. The van der Waals surface area contributed by atoms with Gasteiger partial charge in [0.25, 0.3) is 0 Å². The zero-order valence-corrected chi connectivity index (χ0v) is 5.57. The van der Waals surface area contributed by atoms with E-state index >= 15 is 0 Å². The molecule has 0 aliphatic heterocycles. The van der Waals surface area contributed by atoms with E-state index in [-0.39, 0.29) is 5.54 Å². The van der Waals surface area contributed by atoms with Crippen LogP contribution in [-0.4, -0.2) is 5.54 Å². The second-order valence-electron chi connectivity index (χ2n) is 3.31. The molecule has 1 nitrogen and oxygen atoms in total. The van der Waals surface area contributed by atoms with Gasteiger partial charge in [0, 0.05) is 5.54 Å². The Labute approximate surface area is 50.6 Å². The van der Waals surface area contributed by atoms with Crippen LogP contribution in [0.5, 0.6) is 0 Å². The van der Waals surface area contributed by atoms with Crippen LogP contribution < -0.4 is 5.73 Å². The average Bonchev–Trinajstić information content (AvgIpc) is 2.10. The first-order valence-electron chi connectivity index (χ1n) is 2.94. The van der Waals surface area contributed by atoms with E-state index in [2.05, 4.69) is 20.4 Å². The molecule has 0 aromatic carbocycles. The molecule has 0 saturated heterocycles. The Morgan fingerprint density at radius 2 is 2.00 bits per heavy atom. The highest BCUT2D eigenvalue weighted by Gasteiger charge is 2.56. The van der Waals surface area contributed by atoms with Crippen LogP contribution in [0, 0.1) is 5.41 Å². The lowest BCUT2D eigenvalue weighted by molar-refractivity contribution is 0.560. The second-order valence-corrected chi connectivity index (χ2v) is 3.31. The Kier molecular flexibility index (Phi) is 0.845. The maximum atomic E-state index is 5.81. The summed E-state index contributed by atoms with van der Waals surface area (Å²) in [5.74, 6) is 0. The molecule has 1 atom stereocenters. The molecule has 0 aromatic rings. The van der Waals surface area contributed by atoms with Gasteiger partial charge in [0.1, 0.15) is 0 Å². The molecule has 1 saturated carbocycles. The summed E-state index contributed by atoms with van der Waals surface area (Å²) in [5.41, 5.74) is 6.07. The van der Waals surface area contributed by atoms with Gasteiger partial charge < -0.3 is 5.73 Å². The molecule has 0 heterocycles. The minimum atomic E-state index is -0.0486. The Bertz CT molecular complexity index is 126. The summed E-state index contributed by atoms with van der Waals surface area (Å²) in [4.78, 5) is 0. The normalized spacial score (nSPS) is 41.4. The lowest BCUT2D eigenvalue weighted by Gasteiger charge is -2.06. The van der Waals surface area contributed by atoms with Gasteiger partial charge in [-0.25, -0.2) is 0 Å². The number of hydrogen-bond acceptors (Lipinski definition) is 1. The Hall–Kier alpha value is -0.300. The Balaban J connectivity index is 2.68. The van der Waals surface area contributed by atoms with Gasteiger partial charge in [0.05, 0.1) is 0 Å². The highest BCUT2D eigenvalue weighted by molar-refractivity contribution is 5.24. The van der Waals surface area contributed by atoms with Crippen LogP contribution in [0.1, 0.15) is 20.3 Å². The molecular weight excluding hydrogens is 98.1 g/mol. The van der Waals surface area contributed by atoms with Crippen molar-refractivity contribution in [2.45, 2.75) is 25.8 Å². The monoisotopic (exact) mass is 111 g/mol. The van der Waals surface area contributed by atoms with Gasteiger partial charge in [0.15, 0.2) is 0 Å². The molecule has 1 rings (SSSR count). The van der Waals surface area contributed by atoms with Crippen molar-refractivity contribution in [2.75, 3.05) is 0 Å². The van der Waals surface area contributed by atoms with Crippen molar-refractivity contribution in [1.29, 1.82) is 0 Å². The molecule has 1 heteroatoms. The van der Waals surface area contributed by atoms with Crippen LogP contribution >= 0.6 is 0 Å². The minimum absolute atomic E-state index is 0.0486. The topological polar surface area (TPSA) is 26.0 Å². The van der Waals surface area contributed by atoms with E-state index in [1.165, 1.54) is 0 Å². The highest BCUT2D eigenvalue weighted by atomic mass is 14.9. The molecule has 2 N–H and O–H groups in total. The average molecular weight is 111 g/mol. The molecule has 0 amide bonds. The van der Waals surface area contributed by atoms with Crippen LogP contribution in [0.25, 0.3) is 0 Å². The summed E-state index contributed by atoms with van der Waals surface area (Å²) in [6.07, 6.45) is 2.94. The molecule has 0 bridgehead atoms. The zero-order valence-electron chi connectivity index (χ0n) is 5.57. The summed E-state index contributed by atoms with van der Waals surface area (Å²) < 4.78 is 0. The molecule has 46 valence electrons. The predicted molar refractivity (Wildman–Crippen MR) is 35.5 cm³/mol. The van der Waals surface area contributed by atoms with E-state index in [0.29, 0.717) is 5.41 Å².